The van der Waals surface area contributed by atoms with E-state index >= 15 is 0 Å². The van der Waals surface area contributed by atoms with Crippen LogP contribution < -0.4 is 5.14 Å². The van der Waals surface area contributed by atoms with E-state index in [9.17, 15) is 18.0 Å². The molecule has 0 bridgehead atoms. The monoisotopic (exact) mass is 344 g/mol. The van der Waals surface area contributed by atoms with E-state index in [1.807, 2.05) is 0 Å². The predicted molar refractivity (Wildman–Crippen MR) is 83.4 cm³/mol. The summed E-state index contributed by atoms with van der Waals surface area (Å²) in [6.45, 7) is -0.259. The number of primary sulfonamides is 1. The molecule has 1 atom stereocenters. The van der Waals surface area contributed by atoms with Gasteiger partial charge in [0, 0.05) is 0 Å². The van der Waals surface area contributed by atoms with Gasteiger partial charge in [0.2, 0.25) is 10.0 Å². The molecule has 0 aromatic carbocycles. The van der Waals surface area contributed by atoms with Crippen LogP contribution in [0.4, 0.5) is 0 Å². The number of hydrogen-bond donors (Lipinski definition) is 1. The van der Waals surface area contributed by atoms with Crippen LogP contribution in [0.5, 0.6) is 0 Å². The number of carbonyl (C=O) groups is 2. The maximum atomic E-state index is 11.8. The Labute approximate surface area is 136 Å². The number of sulfonamides is 1. The number of allylic oxidation sites excluding steroid dienone is 1. The average Bonchev–Trinajstić information content (AvgIpc) is 2.88. The number of carbonyl (C=O) groups excluding carboxylic acids is 2. The fourth-order valence-electron chi connectivity index (χ4n) is 2.76. The van der Waals surface area contributed by atoms with Crippen LogP contribution in [0, 0.1) is 5.92 Å². The van der Waals surface area contributed by atoms with Gasteiger partial charge in [0.1, 0.15) is 0 Å². The van der Waals surface area contributed by atoms with Gasteiger partial charge in [-0.05, 0) is 25.8 Å². The summed E-state index contributed by atoms with van der Waals surface area (Å²) in [4.78, 5) is 24.9. The normalized spacial score (nSPS) is 23.5. The molecular formula is C13H21BN2O6S. The molecule has 2 aliphatic rings. The number of nitrogens with zero attached hydrogens (tertiary/aromatic N) is 1. The third kappa shape index (κ3) is 5.33. The first kappa shape index (κ1) is 18.0. The Bertz CT molecular complexity index is 567. The quantitative estimate of drug-likeness (QED) is 0.537. The van der Waals surface area contributed by atoms with Gasteiger partial charge in [0.25, 0.3) is 0 Å². The summed E-state index contributed by atoms with van der Waals surface area (Å²) in [5.41, 5.74) is 0. The standard InChI is InChI=1S/C13H21BN2O6S/c1-16-8-12(17)21-14(22-13(18)9-16)11(23(15,19)20)7-6-10-4-2-3-5-10/h6-7,10-11H,2-5,8-9H2,1H3,(H2,15,19,20)/b7-6+. The first-order chi connectivity index (χ1) is 10.8. The zero-order valence-electron chi connectivity index (χ0n) is 13.0. The summed E-state index contributed by atoms with van der Waals surface area (Å²) in [7, 11) is -4.10. The molecule has 1 saturated heterocycles. The van der Waals surface area contributed by atoms with Gasteiger partial charge in [-0.25, -0.2) is 13.6 Å². The second-order valence-electron chi connectivity index (χ2n) is 6.00. The van der Waals surface area contributed by atoms with Crippen molar-refractivity contribution in [3.63, 3.8) is 0 Å². The lowest BCUT2D eigenvalue weighted by atomic mass is 9.82. The van der Waals surface area contributed by atoms with Crippen LogP contribution in [-0.2, 0) is 28.9 Å². The Morgan fingerprint density at radius 1 is 1.22 bits per heavy atom. The van der Waals surface area contributed by atoms with Gasteiger partial charge in [-0.3, -0.25) is 14.5 Å². The predicted octanol–water partition coefficient (Wildman–Crippen LogP) is -0.551. The molecule has 1 unspecified atom stereocenters. The molecule has 2 fully saturated rings. The smallest absolute Gasteiger partial charge is 0.497 e. The number of rotatable bonds is 4. The van der Waals surface area contributed by atoms with E-state index in [2.05, 4.69) is 0 Å². The van der Waals surface area contributed by atoms with Crippen LogP contribution in [0.15, 0.2) is 12.2 Å². The van der Waals surface area contributed by atoms with E-state index < -0.39 is 34.2 Å². The second kappa shape index (κ2) is 7.46. The summed E-state index contributed by atoms with van der Waals surface area (Å²) >= 11 is 0. The van der Waals surface area contributed by atoms with Crippen molar-refractivity contribution >= 4 is 29.1 Å². The van der Waals surface area contributed by atoms with Gasteiger partial charge < -0.3 is 9.31 Å². The van der Waals surface area contributed by atoms with E-state index in [0.29, 0.717) is 0 Å². The minimum Gasteiger partial charge on any atom is -0.497 e. The van der Waals surface area contributed by atoms with Gasteiger partial charge in [-0.15, -0.1) is 0 Å². The maximum Gasteiger partial charge on any atom is 0.623 e. The molecule has 2 N–H and O–H groups in total. The second-order valence-corrected chi connectivity index (χ2v) is 7.73. The Morgan fingerprint density at radius 2 is 1.74 bits per heavy atom. The molecule has 0 aromatic heterocycles. The summed E-state index contributed by atoms with van der Waals surface area (Å²) in [5.74, 6) is -1.08. The van der Waals surface area contributed by atoms with Crippen molar-refractivity contribution in [2.24, 2.45) is 11.1 Å². The molecule has 0 radical (unpaired) electrons. The highest BCUT2D eigenvalue weighted by atomic mass is 32.2. The molecule has 23 heavy (non-hydrogen) atoms. The molecule has 2 rings (SSSR count). The number of nitrogens with two attached hydrogens (primary N) is 1. The zero-order valence-corrected chi connectivity index (χ0v) is 13.8. The fraction of sp³-hybridized carbons (Fsp3) is 0.692. The van der Waals surface area contributed by atoms with Crippen molar-refractivity contribution in [2.75, 3.05) is 20.1 Å². The van der Waals surface area contributed by atoms with Crippen LogP contribution in [0.3, 0.4) is 0 Å². The highest BCUT2D eigenvalue weighted by Crippen LogP contribution is 2.26. The summed E-state index contributed by atoms with van der Waals surface area (Å²) < 4.78 is 33.7. The minimum atomic E-state index is -4.10. The number of likely N-dealkylation sites (N-methyl/N-ethyl adjacent to an activating group) is 1. The van der Waals surface area contributed by atoms with Gasteiger partial charge in [-0.1, -0.05) is 25.0 Å². The third-order valence-corrected chi connectivity index (χ3v) is 5.05. The topological polar surface area (TPSA) is 116 Å². The first-order valence-corrected chi connectivity index (χ1v) is 9.14. The Balaban J connectivity index is 2.19. The SMILES string of the molecule is CN1CC(=O)OB(C(/C=C/C2CCCC2)S(N)(=O)=O)OC(=O)C1. The Hall–Kier alpha value is -1.39. The Morgan fingerprint density at radius 3 is 2.22 bits per heavy atom. The lowest BCUT2D eigenvalue weighted by Crippen LogP contribution is -2.51. The van der Waals surface area contributed by atoms with Crippen molar-refractivity contribution < 1.29 is 27.3 Å². The molecule has 1 aliphatic heterocycles. The molecule has 1 saturated carbocycles. The van der Waals surface area contributed by atoms with Gasteiger partial charge in [0.15, 0.2) is 5.15 Å². The average molecular weight is 344 g/mol. The van der Waals surface area contributed by atoms with Crippen molar-refractivity contribution in [1.82, 2.24) is 4.90 Å². The summed E-state index contributed by atoms with van der Waals surface area (Å²) in [5, 5.41) is 3.83. The van der Waals surface area contributed by atoms with Crippen molar-refractivity contribution in [3.8, 4) is 0 Å². The highest BCUT2D eigenvalue weighted by Gasteiger charge is 2.44. The van der Waals surface area contributed by atoms with Crippen LogP contribution in [0.25, 0.3) is 0 Å². The van der Waals surface area contributed by atoms with Crippen LogP contribution in [0.2, 0.25) is 0 Å². The van der Waals surface area contributed by atoms with Crippen molar-refractivity contribution in [1.29, 1.82) is 0 Å². The van der Waals surface area contributed by atoms with Crippen molar-refractivity contribution in [2.45, 2.75) is 30.8 Å². The van der Waals surface area contributed by atoms with Gasteiger partial charge in [-0.2, -0.15) is 0 Å². The van der Waals surface area contributed by atoms with Crippen LogP contribution in [0.1, 0.15) is 25.7 Å². The molecule has 0 amide bonds. The third-order valence-electron chi connectivity index (χ3n) is 3.91. The minimum absolute atomic E-state index is 0.130. The van der Waals surface area contributed by atoms with E-state index in [1.54, 1.807) is 13.1 Å². The van der Waals surface area contributed by atoms with Gasteiger partial charge >= 0.3 is 19.1 Å². The molecule has 0 spiro atoms. The summed E-state index contributed by atoms with van der Waals surface area (Å²) in [6, 6.07) is 0. The summed E-state index contributed by atoms with van der Waals surface area (Å²) in [6.07, 6.45) is 7.27. The highest BCUT2D eigenvalue weighted by molar-refractivity contribution is 7.91. The molecular weight excluding hydrogens is 323 g/mol. The lowest BCUT2D eigenvalue weighted by Gasteiger charge is -2.25. The fourth-order valence-corrected chi connectivity index (χ4v) is 3.49. The Kier molecular flexibility index (Phi) is 5.82. The first-order valence-electron chi connectivity index (χ1n) is 7.53. The lowest BCUT2D eigenvalue weighted by molar-refractivity contribution is -0.145. The number of hydrogen-bond acceptors (Lipinski definition) is 7. The molecule has 128 valence electrons. The van der Waals surface area contributed by atoms with Gasteiger partial charge in [0.05, 0.1) is 13.1 Å². The zero-order chi connectivity index (χ0) is 17.0. The molecule has 0 aromatic rings. The van der Waals surface area contributed by atoms with E-state index in [4.69, 9.17) is 14.4 Å². The van der Waals surface area contributed by atoms with Crippen LogP contribution >= 0.6 is 0 Å². The van der Waals surface area contributed by atoms with E-state index in [-0.39, 0.29) is 19.0 Å². The molecule has 10 heteroatoms. The van der Waals surface area contributed by atoms with E-state index in [0.717, 1.165) is 25.7 Å². The van der Waals surface area contributed by atoms with E-state index in [1.165, 1.54) is 11.0 Å². The van der Waals surface area contributed by atoms with Crippen LogP contribution in [-0.4, -0.2) is 57.7 Å². The maximum absolute atomic E-state index is 11.8. The molecule has 8 nitrogen and oxygen atoms in total. The molecule has 1 aliphatic carbocycles. The largest absolute Gasteiger partial charge is 0.623 e. The van der Waals surface area contributed by atoms with Crippen molar-refractivity contribution in [3.05, 3.63) is 12.2 Å². The molecule has 1 heterocycles.